The highest BCUT2D eigenvalue weighted by Crippen LogP contribution is 2.21. The third-order valence-corrected chi connectivity index (χ3v) is 2.87. The summed E-state index contributed by atoms with van der Waals surface area (Å²) in [5.74, 6) is -1.94. The minimum Gasteiger partial charge on any atom is -0.465 e. The highest BCUT2D eigenvalue weighted by atomic mass is 35.5. The first-order valence-corrected chi connectivity index (χ1v) is 6.83. The van der Waals surface area contributed by atoms with Gasteiger partial charge in [0.2, 0.25) is 5.91 Å². The maximum absolute atomic E-state index is 12.4. The van der Waals surface area contributed by atoms with Gasteiger partial charge in [0.25, 0.3) is 0 Å². The molecule has 22 heavy (non-hydrogen) atoms. The third kappa shape index (κ3) is 6.80. The van der Waals surface area contributed by atoms with Crippen LogP contribution >= 0.6 is 11.6 Å². The lowest BCUT2D eigenvalue weighted by Crippen LogP contribution is -2.38. The van der Waals surface area contributed by atoms with E-state index in [1.165, 1.54) is 0 Å². The Bertz CT molecular complexity index is 517. The standard InChI is InChI=1S/C14H15ClF3NO3/c1-2-22-13(21)9-19(12(20)7-14(16,17)18)8-10-3-5-11(15)6-4-10/h3-6H,2,7-9H2,1H3. The van der Waals surface area contributed by atoms with Crippen LogP contribution in [-0.2, 0) is 20.9 Å². The first-order valence-electron chi connectivity index (χ1n) is 6.46. The molecule has 0 spiro atoms. The largest absolute Gasteiger partial charge is 0.465 e. The molecule has 0 aromatic heterocycles. The second-order valence-electron chi connectivity index (χ2n) is 4.47. The molecule has 4 nitrogen and oxygen atoms in total. The molecule has 1 aromatic rings. The number of hydrogen-bond acceptors (Lipinski definition) is 3. The maximum atomic E-state index is 12.4. The van der Waals surface area contributed by atoms with Gasteiger partial charge in [-0.15, -0.1) is 0 Å². The van der Waals surface area contributed by atoms with Gasteiger partial charge in [0.1, 0.15) is 13.0 Å². The Morgan fingerprint density at radius 3 is 2.32 bits per heavy atom. The lowest BCUT2D eigenvalue weighted by molar-refractivity contribution is -0.165. The van der Waals surface area contributed by atoms with Crippen LogP contribution in [0.4, 0.5) is 13.2 Å². The number of carbonyl (C=O) groups excluding carboxylic acids is 2. The molecule has 0 aliphatic rings. The van der Waals surface area contributed by atoms with Crippen molar-refractivity contribution < 1.29 is 27.5 Å². The third-order valence-electron chi connectivity index (χ3n) is 2.62. The number of rotatable bonds is 6. The molecular weight excluding hydrogens is 323 g/mol. The molecule has 0 heterocycles. The summed E-state index contributed by atoms with van der Waals surface area (Å²) in [5, 5.41) is 0.460. The van der Waals surface area contributed by atoms with Gasteiger partial charge in [-0.3, -0.25) is 9.59 Å². The van der Waals surface area contributed by atoms with Crippen LogP contribution in [0.1, 0.15) is 18.9 Å². The van der Waals surface area contributed by atoms with Crippen molar-refractivity contribution in [2.75, 3.05) is 13.2 Å². The summed E-state index contributed by atoms with van der Waals surface area (Å²) < 4.78 is 41.8. The molecule has 0 radical (unpaired) electrons. The summed E-state index contributed by atoms with van der Waals surface area (Å²) in [5.41, 5.74) is 0.559. The molecule has 0 bridgehead atoms. The van der Waals surface area contributed by atoms with Gasteiger partial charge >= 0.3 is 12.1 Å². The van der Waals surface area contributed by atoms with Gasteiger partial charge in [0.05, 0.1) is 6.61 Å². The summed E-state index contributed by atoms with van der Waals surface area (Å²) >= 11 is 5.72. The van der Waals surface area contributed by atoms with Crippen LogP contribution in [0.15, 0.2) is 24.3 Å². The second-order valence-corrected chi connectivity index (χ2v) is 4.91. The van der Waals surface area contributed by atoms with Crippen LogP contribution in [0.3, 0.4) is 0 Å². The Morgan fingerprint density at radius 2 is 1.82 bits per heavy atom. The van der Waals surface area contributed by atoms with Gasteiger partial charge in [-0.05, 0) is 24.6 Å². The molecule has 0 N–H and O–H groups in total. The molecule has 0 saturated carbocycles. The number of ether oxygens (including phenoxy) is 1. The average Bonchev–Trinajstić information content (AvgIpc) is 2.39. The van der Waals surface area contributed by atoms with E-state index in [0.29, 0.717) is 10.6 Å². The van der Waals surface area contributed by atoms with Crippen LogP contribution in [0.25, 0.3) is 0 Å². The van der Waals surface area contributed by atoms with E-state index in [9.17, 15) is 22.8 Å². The fraction of sp³-hybridized carbons (Fsp3) is 0.429. The van der Waals surface area contributed by atoms with Crippen LogP contribution < -0.4 is 0 Å². The maximum Gasteiger partial charge on any atom is 0.397 e. The van der Waals surface area contributed by atoms with Crippen molar-refractivity contribution >= 4 is 23.5 Å². The van der Waals surface area contributed by atoms with Crippen LogP contribution in [0.5, 0.6) is 0 Å². The van der Waals surface area contributed by atoms with Crippen LogP contribution in [0.2, 0.25) is 5.02 Å². The minimum atomic E-state index is -4.63. The van der Waals surface area contributed by atoms with Crippen molar-refractivity contribution in [3.05, 3.63) is 34.9 Å². The van der Waals surface area contributed by atoms with Crippen molar-refractivity contribution in [1.82, 2.24) is 4.90 Å². The van der Waals surface area contributed by atoms with E-state index in [2.05, 4.69) is 4.74 Å². The minimum absolute atomic E-state index is 0.0844. The number of halogens is 4. The predicted octanol–water partition coefficient (Wildman–Crippen LogP) is 3.18. The molecule has 0 aliphatic carbocycles. The second kappa shape index (κ2) is 8.03. The zero-order chi connectivity index (χ0) is 16.8. The van der Waals surface area contributed by atoms with E-state index in [0.717, 1.165) is 4.90 Å². The van der Waals surface area contributed by atoms with E-state index in [-0.39, 0.29) is 13.2 Å². The smallest absolute Gasteiger partial charge is 0.397 e. The number of hydrogen-bond donors (Lipinski definition) is 0. The van der Waals surface area contributed by atoms with Gasteiger partial charge < -0.3 is 9.64 Å². The Morgan fingerprint density at radius 1 is 1.23 bits per heavy atom. The summed E-state index contributed by atoms with van der Waals surface area (Å²) in [7, 11) is 0. The summed E-state index contributed by atoms with van der Waals surface area (Å²) in [6.45, 7) is 0.982. The molecule has 0 aliphatic heterocycles. The highest BCUT2D eigenvalue weighted by Gasteiger charge is 2.34. The van der Waals surface area contributed by atoms with Crippen LogP contribution in [-0.4, -0.2) is 36.1 Å². The first-order chi connectivity index (χ1) is 10.2. The van der Waals surface area contributed by atoms with Gasteiger partial charge in [-0.1, -0.05) is 23.7 Å². The number of benzene rings is 1. The van der Waals surface area contributed by atoms with Crippen molar-refractivity contribution in [3.8, 4) is 0 Å². The monoisotopic (exact) mass is 337 g/mol. The Hall–Kier alpha value is -1.76. The van der Waals surface area contributed by atoms with E-state index in [4.69, 9.17) is 11.6 Å². The predicted molar refractivity (Wildman–Crippen MR) is 74.2 cm³/mol. The van der Waals surface area contributed by atoms with Crippen LogP contribution in [0, 0.1) is 0 Å². The Labute approximate surface area is 130 Å². The van der Waals surface area contributed by atoms with Crippen molar-refractivity contribution in [1.29, 1.82) is 0 Å². The van der Waals surface area contributed by atoms with Crippen molar-refractivity contribution in [2.24, 2.45) is 0 Å². The number of carbonyl (C=O) groups is 2. The molecule has 0 unspecified atom stereocenters. The van der Waals surface area contributed by atoms with E-state index in [1.54, 1.807) is 31.2 Å². The zero-order valence-corrected chi connectivity index (χ0v) is 12.6. The SMILES string of the molecule is CCOC(=O)CN(Cc1ccc(Cl)cc1)C(=O)CC(F)(F)F. The van der Waals surface area contributed by atoms with Gasteiger partial charge in [-0.25, -0.2) is 0 Å². The molecular formula is C14H15ClF3NO3. The summed E-state index contributed by atoms with van der Waals surface area (Å²) in [4.78, 5) is 24.0. The Balaban J connectivity index is 2.83. The molecule has 0 atom stereocenters. The van der Waals surface area contributed by atoms with Crippen molar-refractivity contribution in [2.45, 2.75) is 26.1 Å². The molecule has 1 amide bonds. The lowest BCUT2D eigenvalue weighted by atomic mass is 10.2. The van der Waals surface area contributed by atoms with Gasteiger partial charge in [0, 0.05) is 11.6 Å². The normalized spacial score (nSPS) is 11.1. The van der Waals surface area contributed by atoms with Gasteiger partial charge in [-0.2, -0.15) is 13.2 Å². The molecule has 0 fully saturated rings. The summed E-state index contributed by atoms with van der Waals surface area (Å²) in [6.07, 6.45) is -6.26. The number of esters is 1. The molecule has 122 valence electrons. The average molecular weight is 338 g/mol. The molecule has 1 rings (SSSR count). The van der Waals surface area contributed by atoms with E-state index < -0.39 is 31.0 Å². The summed E-state index contributed by atoms with van der Waals surface area (Å²) in [6, 6.07) is 6.24. The molecule has 0 saturated heterocycles. The first kappa shape index (κ1) is 18.3. The van der Waals surface area contributed by atoms with Crippen molar-refractivity contribution in [3.63, 3.8) is 0 Å². The number of amides is 1. The fourth-order valence-corrected chi connectivity index (χ4v) is 1.81. The molecule has 1 aromatic carbocycles. The molecule has 8 heteroatoms. The number of alkyl halides is 3. The highest BCUT2D eigenvalue weighted by molar-refractivity contribution is 6.30. The topological polar surface area (TPSA) is 46.6 Å². The lowest BCUT2D eigenvalue weighted by Gasteiger charge is -2.22. The Kier molecular flexibility index (Phi) is 6.67. The van der Waals surface area contributed by atoms with Gasteiger partial charge in [0.15, 0.2) is 0 Å². The zero-order valence-electron chi connectivity index (χ0n) is 11.8. The van der Waals surface area contributed by atoms with E-state index >= 15 is 0 Å². The number of nitrogens with zero attached hydrogens (tertiary/aromatic N) is 1. The fourth-order valence-electron chi connectivity index (χ4n) is 1.69. The van der Waals surface area contributed by atoms with E-state index in [1.807, 2.05) is 0 Å². The quantitative estimate of drug-likeness (QED) is 0.749.